The summed E-state index contributed by atoms with van der Waals surface area (Å²) in [6, 6.07) is 0. The zero-order valence-corrected chi connectivity index (χ0v) is 26.2. The molecular formula is C33H52O9. The second kappa shape index (κ2) is 9.87. The first-order valence-corrected chi connectivity index (χ1v) is 16.3. The Morgan fingerprint density at radius 1 is 0.929 bits per heavy atom. The van der Waals surface area contributed by atoms with Gasteiger partial charge >= 0.3 is 11.9 Å². The Balaban J connectivity index is 1.23. The van der Waals surface area contributed by atoms with Gasteiger partial charge in [0.15, 0.2) is 5.79 Å². The van der Waals surface area contributed by atoms with Gasteiger partial charge in [-0.2, -0.15) is 0 Å². The van der Waals surface area contributed by atoms with Crippen molar-refractivity contribution in [2.24, 2.45) is 46.3 Å². The third-order valence-corrected chi connectivity index (χ3v) is 13.6. The molecule has 2 saturated heterocycles. The van der Waals surface area contributed by atoms with E-state index in [2.05, 4.69) is 34.6 Å². The van der Waals surface area contributed by atoms with E-state index in [0.29, 0.717) is 25.7 Å². The molecule has 0 aromatic carbocycles. The number of fused-ring (bicyclic) bond motifs is 7. The van der Waals surface area contributed by atoms with Crippen molar-refractivity contribution in [2.75, 3.05) is 0 Å². The summed E-state index contributed by atoms with van der Waals surface area (Å²) in [5, 5.41) is 44.2. The highest BCUT2D eigenvalue weighted by atomic mass is 16.7. The van der Waals surface area contributed by atoms with Crippen LogP contribution in [0.15, 0.2) is 0 Å². The van der Waals surface area contributed by atoms with Crippen LogP contribution in [0.25, 0.3) is 0 Å². The van der Waals surface area contributed by atoms with Crippen LogP contribution in [-0.2, 0) is 23.8 Å². The Bertz CT molecular complexity index is 1110. The fourth-order valence-corrected chi connectivity index (χ4v) is 11.4. The number of rotatable bonds is 5. The van der Waals surface area contributed by atoms with Gasteiger partial charge in [0.1, 0.15) is 11.7 Å². The second-order valence-corrected chi connectivity index (χ2v) is 16.2. The van der Waals surface area contributed by atoms with Gasteiger partial charge < -0.3 is 34.6 Å². The maximum absolute atomic E-state index is 12.6. The average molecular weight is 593 g/mol. The molecule has 0 unspecified atom stereocenters. The van der Waals surface area contributed by atoms with Gasteiger partial charge in [-0.25, -0.2) is 0 Å². The van der Waals surface area contributed by atoms with Gasteiger partial charge in [-0.3, -0.25) is 9.59 Å². The number of ether oxygens (including phenoxy) is 3. The van der Waals surface area contributed by atoms with Crippen molar-refractivity contribution < 1.29 is 44.2 Å². The molecule has 9 nitrogen and oxygen atoms in total. The zero-order valence-electron chi connectivity index (χ0n) is 26.2. The van der Waals surface area contributed by atoms with Gasteiger partial charge in [0, 0.05) is 25.2 Å². The molecule has 4 saturated carbocycles. The minimum Gasteiger partial charge on any atom is -0.481 e. The van der Waals surface area contributed by atoms with Gasteiger partial charge in [0.2, 0.25) is 0 Å². The number of carboxylic acid groups (broad SMARTS) is 1. The van der Waals surface area contributed by atoms with Crippen molar-refractivity contribution in [3.63, 3.8) is 0 Å². The van der Waals surface area contributed by atoms with Crippen molar-refractivity contribution in [2.45, 2.75) is 147 Å². The Morgan fingerprint density at radius 3 is 2.29 bits per heavy atom. The molecule has 6 aliphatic rings. The molecule has 42 heavy (non-hydrogen) atoms. The minimum atomic E-state index is -1.19. The number of carbonyl (C=O) groups is 2. The lowest BCUT2D eigenvalue weighted by Crippen LogP contribution is -2.63. The molecule has 9 heteroatoms. The summed E-state index contributed by atoms with van der Waals surface area (Å²) in [5.74, 6) is -1.64. The van der Waals surface area contributed by atoms with Crippen molar-refractivity contribution in [3.05, 3.63) is 0 Å². The van der Waals surface area contributed by atoms with Crippen molar-refractivity contribution in [1.29, 1.82) is 0 Å². The molecule has 0 amide bonds. The maximum atomic E-state index is 12.6. The van der Waals surface area contributed by atoms with Crippen LogP contribution in [0.2, 0.25) is 0 Å². The summed E-state index contributed by atoms with van der Waals surface area (Å²) in [5.41, 5.74) is -2.21. The molecule has 14 atom stereocenters. The van der Waals surface area contributed by atoms with Gasteiger partial charge in [-0.15, -0.1) is 0 Å². The average Bonchev–Trinajstić information content (AvgIpc) is 3.36. The van der Waals surface area contributed by atoms with Gasteiger partial charge in [-0.1, -0.05) is 20.8 Å². The molecule has 0 aromatic rings. The first-order chi connectivity index (χ1) is 19.4. The van der Waals surface area contributed by atoms with Crippen LogP contribution in [0.5, 0.6) is 0 Å². The van der Waals surface area contributed by atoms with Crippen molar-refractivity contribution in [3.8, 4) is 0 Å². The summed E-state index contributed by atoms with van der Waals surface area (Å²) < 4.78 is 19.1. The standard InChI is InChI=1S/C33H52O9/c1-17-14-33(42-29(17,2)3)32(6,39)28-23(41-33)13-20-19-11-10-18-12-21(34)24(40-26(38)9-7-8-25(36)37)16-30(18,4)27(19)22(35)15-31(20,28)5/h17-24,27-28,34-35,39H,7-16H2,1-6H3,(H,36,37)/t17-,18-,19-,20-,21-,22-,23-,24+,27+,28-,30-,31-,32+,33-/m0/s1. The highest BCUT2D eigenvalue weighted by molar-refractivity contribution is 5.71. The predicted molar refractivity (Wildman–Crippen MR) is 152 cm³/mol. The number of carboxylic acids is 1. The van der Waals surface area contributed by atoms with E-state index >= 15 is 0 Å². The normalized spacial score (nSPS) is 54.1. The summed E-state index contributed by atoms with van der Waals surface area (Å²) in [6.07, 6.45) is 2.92. The van der Waals surface area contributed by atoms with E-state index in [9.17, 15) is 24.9 Å². The zero-order chi connectivity index (χ0) is 30.6. The second-order valence-electron chi connectivity index (χ2n) is 16.2. The van der Waals surface area contributed by atoms with Gasteiger partial charge in [-0.05, 0) is 106 Å². The molecule has 0 bridgehead atoms. The molecule has 2 heterocycles. The van der Waals surface area contributed by atoms with E-state index in [0.717, 1.165) is 19.3 Å². The molecule has 0 radical (unpaired) electrons. The molecule has 1 spiro atoms. The van der Waals surface area contributed by atoms with E-state index in [-0.39, 0.29) is 71.7 Å². The van der Waals surface area contributed by atoms with Crippen molar-refractivity contribution >= 4 is 11.9 Å². The predicted octanol–water partition coefficient (Wildman–Crippen LogP) is 4.04. The number of hydrogen-bond donors (Lipinski definition) is 4. The molecule has 2 aliphatic heterocycles. The fourth-order valence-electron chi connectivity index (χ4n) is 11.4. The smallest absolute Gasteiger partial charge is 0.306 e. The summed E-state index contributed by atoms with van der Waals surface area (Å²) in [4.78, 5) is 23.4. The lowest BCUT2D eigenvalue weighted by atomic mass is 9.43. The topological polar surface area (TPSA) is 143 Å². The lowest BCUT2D eigenvalue weighted by molar-refractivity contribution is -0.300. The number of carbonyl (C=O) groups excluding carboxylic acids is 1. The first kappa shape index (κ1) is 30.8. The maximum Gasteiger partial charge on any atom is 0.306 e. The third kappa shape index (κ3) is 4.34. The number of aliphatic hydroxyl groups excluding tert-OH is 2. The van der Waals surface area contributed by atoms with E-state index < -0.39 is 47.2 Å². The lowest BCUT2D eigenvalue weighted by Gasteiger charge is -2.63. The number of esters is 1. The number of aliphatic carboxylic acids is 1. The number of aliphatic hydroxyl groups is 3. The van der Waals surface area contributed by atoms with Crippen LogP contribution in [0.1, 0.15) is 106 Å². The molecule has 6 fully saturated rings. The van der Waals surface area contributed by atoms with Crippen LogP contribution in [0.4, 0.5) is 0 Å². The van der Waals surface area contributed by atoms with E-state index in [1.165, 1.54) is 0 Å². The third-order valence-electron chi connectivity index (χ3n) is 13.6. The first-order valence-electron chi connectivity index (χ1n) is 16.3. The quantitative estimate of drug-likeness (QED) is 0.348. The van der Waals surface area contributed by atoms with E-state index in [1.807, 2.05) is 6.92 Å². The summed E-state index contributed by atoms with van der Waals surface area (Å²) >= 11 is 0. The Kier molecular flexibility index (Phi) is 7.23. The Hall–Kier alpha value is -1.26. The highest BCUT2D eigenvalue weighted by Gasteiger charge is 2.77. The van der Waals surface area contributed by atoms with Crippen molar-refractivity contribution in [1.82, 2.24) is 0 Å². The SMILES string of the molecule is C[C@H]1C[C@]2(O[C@H]3C[C@H]4[C@@H]5CC[C@H]6C[C@H](O)[C@H](OC(=O)CCCC(=O)O)C[C@]6(C)[C@H]5[C@@H](O)C[C@]4(C)[C@H]3[C@@]2(C)O)OC1(C)C. The summed E-state index contributed by atoms with van der Waals surface area (Å²) in [7, 11) is 0. The van der Waals surface area contributed by atoms with Gasteiger partial charge in [0.25, 0.3) is 0 Å². The molecule has 4 N–H and O–H groups in total. The molecular weight excluding hydrogens is 540 g/mol. The van der Waals surface area contributed by atoms with Gasteiger partial charge in [0.05, 0.1) is 23.9 Å². The van der Waals surface area contributed by atoms with Crippen LogP contribution in [-0.4, -0.2) is 73.8 Å². The Morgan fingerprint density at radius 2 is 1.64 bits per heavy atom. The van der Waals surface area contributed by atoms with Crippen LogP contribution in [0.3, 0.4) is 0 Å². The minimum absolute atomic E-state index is 0.00513. The van der Waals surface area contributed by atoms with Crippen LogP contribution < -0.4 is 0 Å². The molecule has 0 aromatic heterocycles. The monoisotopic (exact) mass is 592 g/mol. The fraction of sp³-hybridized carbons (Fsp3) is 0.939. The highest BCUT2D eigenvalue weighted by Crippen LogP contribution is 2.73. The molecule has 6 rings (SSSR count). The largest absolute Gasteiger partial charge is 0.481 e. The summed E-state index contributed by atoms with van der Waals surface area (Å²) in [6.45, 7) is 12.7. The van der Waals surface area contributed by atoms with Crippen LogP contribution in [0, 0.1) is 46.3 Å². The van der Waals surface area contributed by atoms with Crippen LogP contribution >= 0.6 is 0 Å². The number of hydrogen-bond acceptors (Lipinski definition) is 8. The Labute approximate surface area is 249 Å². The van der Waals surface area contributed by atoms with E-state index in [1.54, 1.807) is 0 Å². The molecule has 238 valence electrons. The van der Waals surface area contributed by atoms with E-state index in [4.69, 9.17) is 19.3 Å². The molecule has 4 aliphatic carbocycles.